The lowest BCUT2D eigenvalue weighted by molar-refractivity contribution is -0.138. The monoisotopic (exact) mass is 316 g/mol. The molecule has 2 fully saturated rings. The number of aryl methyl sites for hydroxylation is 1. The molecular weight excluding hydrogens is 296 g/mol. The van der Waals surface area contributed by atoms with Crippen LogP contribution in [0.4, 0.5) is 10.5 Å². The van der Waals surface area contributed by atoms with Crippen molar-refractivity contribution >= 4 is 23.5 Å². The van der Waals surface area contributed by atoms with Gasteiger partial charge in [-0.3, -0.25) is 14.5 Å². The topological polar surface area (TPSA) is 73.0 Å². The molecule has 1 aromatic rings. The van der Waals surface area contributed by atoms with Gasteiger partial charge in [0.15, 0.2) is 0 Å². The SMILES string of the molecule is Cc1ccc(N2CCN(CC(=O)N3CCNC(=O)C3)C2=O)cc1. The first-order chi connectivity index (χ1) is 11.0. The molecule has 0 radical (unpaired) electrons. The van der Waals surface area contributed by atoms with Crippen LogP contribution in [0.1, 0.15) is 5.56 Å². The van der Waals surface area contributed by atoms with Crippen LogP contribution < -0.4 is 10.2 Å². The van der Waals surface area contributed by atoms with Crippen molar-refractivity contribution in [1.82, 2.24) is 15.1 Å². The van der Waals surface area contributed by atoms with E-state index in [2.05, 4.69) is 5.32 Å². The molecule has 7 heteroatoms. The number of nitrogens with one attached hydrogen (secondary N) is 1. The zero-order valence-corrected chi connectivity index (χ0v) is 13.1. The van der Waals surface area contributed by atoms with E-state index in [1.807, 2.05) is 31.2 Å². The standard InChI is InChI=1S/C16H20N4O3/c1-12-2-4-13(5-3-12)20-9-8-19(16(20)23)11-15(22)18-7-6-17-14(21)10-18/h2-5H,6-11H2,1H3,(H,17,21). The summed E-state index contributed by atoms with van der Waals surface area (Å²) in [5, 5.41) is 2.68. The largest absolute Gasteiger partial charge is 0.353 e. The highest BCUT2D eigenvalue weighted by molar-refractivity contribution is 5.97. The van der Waals surface area contributed by atoms with Gasteiger partial charge in [-0.2, -0.15) is 0 Å². The maximum Gasteiger partial charge on any atom is 0.325 e. The number of rotatable bonds is 3. The van der Waals surface area contributed by atoms with E-state index in [4.69, 9.17) is 0 Å². The first-order valence-corrected chi connectivity index (χ1v) is 7.72. The molecule has 0 saturated carbocycles. The summed E-state index contributed by atoms with van der Waals surface area (Å²) >= 11 is 0. The minimum atomic E-state index is -0.182. The Labute approximate surface area is 134 Å². The van der Waals surface area contributed by atoms with Crippen molar-refractivity contribution in [3.05, 3.63) is 29.8 Å². The average Bonchev–Trinajstić information content (AvgIpc) is 2.89. The number of piperazine rings is 1. The van der Waals surface area contributed by atoms with Gasteiger partial charge in [-0.15, -0.1) is 0 Å². The molecule has 23 heavy (non-hydrogen) atoms. The van der Waals surface area contributed by atoms with Gasteiger partial charge >= 0.3 is 6.03 Å². The summed E-state index contributed by atoms with van der Waals surface area (Å²) in [6.45, 7) is 4.13. The first-order valence-electron chi connectivity index (χ1n) is 7.72. The predicted molar refractivity (Wildman–Crippen MR) is 85.1 cm³/mol. The first kappa shape index (κ1) is 15.3. The van der Waals surface area contributed by atoms with Gasteiger partial charge in [0, 0.05) is 31.9 Å². The van der Waals surface area contributed by atoms with Crippen LogP contribution in [-0.2, 0) is 9.59 Å². The molecule has 122 valence electrons. The molecule has 1 N–H and O–H groups in total. The Morgan fingerprint density at radius 1 is 1.13 bits per heavy atom. The predicted octanol–water partition coefficient (Wildman–Crippen LogP) is 0.195. The van der Waals surface area contributed by atoms with Gasteiger partial charge in [0.05, 0.1) is 6.54 Å². The number of nitrogens with zero attached hydrogens (tertiary/aromatic N) is 3. The fourth-order valence-electron chi connectivity index (χ4n) is 2.81. The van der Waals surface area contributed by atoms with E-state index < -0.39 is 0 Å². The highest BCUT2D eigenvalue weighted by atomic mass is 16.2. The number of urea groups is 1. The molecule has 2 heterocycles. The lowest BCUT2D eigenvalue weighted by Gasteiger charge is -2.28. The third kappa shape index (κ3) is 3.28. The van der Waals surface area contributed by atoms with Crippen molar-refractivity contribution in [2.75, 3.05) is 44.2 Å². The Hall–Kier alpha value is -2.57. The Bertz CT molecular complexity index is 629. The van der Waals surface area contributed by atoms with E-state index in [0.29, 0.717) is 26.2 Å². The van der Waals surface area contributed by atoms with E-state index >= 15 is 0 Å². The van der Waals surface area contributed by atoms with Gasteiger partial charge in [0.2, 0.25) is 11.8 Å². The summed E-state index contributed by atoms with van der Waals surface area (Å²) in [5.41, 5.74) is 1.98. The minimum Gasteiger partial charge on any atom is -0.353 e. The van der Waals surface area contributed by atoms with Crippen molar-refractivity contribution in [1.29, 1.82) is 0 Å². The highest BCUT2D eigenvalue weighted by Gasteiger charge is 2.32. The van der Waals surface area contributed by atoms with Crippen molar-refractivity contribution in [3.63, 3.8) is 0 Å². The summed E-state index contributed by atoms with van der Waals surface area (Å²) in [5.74, 6) is -0.336. The van der Waals surface area contributed by atoms with Gasteiger partial charge < -0.3 is 15.1 Å². The van der Waals surface area contributed by atoms with Crippen LogP contribution in [0.25, 0.3) is 0 Å². The number of anilines is 1. The van der Waals surface area contributed by atoms with Gasteiger partial charge in [0.1, 0.15) is 6.54 Å². The molecule has 3 rings (SSSR count). The van der Waals surface area contributed by atoms with Crippen LogP contribution >= 0.6 is 0 Å². The van der Waals surface area contributed by atoms with Crippen molar-refractivity contribution < 1.29 is 14.4 Å². The molecule has 0 spiro atoms. The fraction of sp³-hybridized carbons (Fsp3) is 0.438. The molecule has 1 aromatic carbocycles. The molecule has 4 amide bonds. The molecule has 0 unspecified atom stereocenters. The number of hydrogen-bond donors (Lipinski definition) is 1. The fourth-order valence-corrected chi connectivity index (χ4v) is 2.81. The lowest BCUT2D eigenvalue weighted by Crippen LogP contribution is -2.52. The van der Waals surface area contributed by atoms with Gasteiger partial charge in [0.25, 0.3) is 0 Å². The van der Waals surface area contributed by atoms with E-state index in [1.54, 1.807) is 4.90 Å². The maximum absolute atomic E-state index is 12.5. The van der Waals surface area contributed by atoms with Crippen LogP contribution in [-0.4, -0.2) is 66.9 Å². The Morgan fingerprint density at radius 2 is 1.87 bits per heavy atom. The van der Waals surface area contributed by atoms with Crippen molar-refractivity contribution in [2.24, 2.45) is 0 Å². The zero-order valence-electron chi connectivity index (χ0n) is 13.1. The molecule has 2 saturated heterocycles. The van der Waals surface area contributed by atoms with Crippen molar-refractivity contribution in [2.45, 2.75) is 6.92 Å². The Morgan fingerprint density at radius 3 is 2.57 bits per heavy atom. The molecule has 2 aliphatic heterocycles. The molecule has 0 atom stereocenters. The van der Waals surface area contributed by atoms with Gasteiger partial charge in [-0.05, 0) is 19.1 Å². The van der Waals surface area contributed by atoms with E-state index in [-0.39, 0.29) is 30.9 Å². The zero-order chi connectivity index (χ0) is 16.4. The van der Waals surface area contributed by atoms with Crippen LogP contribution in [0, 0.1) is 6.92 Å². The summed E-state index contributed by atoms with van der Waals surface area (Å²) < 4.78 is 0. The second kappa shape index (κ2) is 6.28. The molecule has 0 bridgehead atoms. The van der Waals surface area contributed by atoms with Crippen LogP contribution in [0.15, 0.2) is 24.3 Å². The Kier molecular flexibility index (Phi) is 4.18. The number of hydrogen-bond acceptors (Lipinski definition) is 3. The molecular formula is C16H20N4O3. The second-order valence-electron chi connectivity index (χ2n) is 5.86. The van der Waals surface area contributed by atoms with E-state index in [9.17, 15) is 14.4 Å². The molecule has 7 nitrogen and oxygen atoms in total. The summed E-state index contributed by atoms with van der Waals surface area (Å²) in [7, 11) is 0. The van der Waals surface area contributed by atoms with E-state index in [0.717, 1.165) is 11.3 Å². The summed E-state index contributed by atoms with van der Waals surface area (Å²) in [6, 6.07) is 7.58. The third-order valence-electron chi connectivity index (χ3n) is 4.16. The lowest BCUT2D eigenvalue weighted by atomic mass is 10.2. The Balaban J connectivity index is 1.61. The number of carbonyl (C=O) groups excluding carboxylic acids is 3. The maximum atomic E-state index is 12.5. The second-order valence-corrected chi connectivity index (χ2v) is 5.86. The van der Waals surface area contributed by atoms with Gasteiger partial charge in [-0.1, -0.05) is 17.7 Å². The van der Waals surface area contributed by atoms with Gasteiger partial charge in [-0.25, -0.2) is 4.79 Å². The minimum absolute atomic E-state index is 0.0223. The normalized spacial score (nSPS) is 18.4. The van der Waals surface area contributed by atoms with Crippen LogP contribution in [0.2, 0.25) is 0 Å². The molecule has 0 aliphatic carbocycles. The molecule has 0 aromatic heterocycles. The third-order valence-corrected chi connectivity index (χ3v) is 4.16. The number of benzene rings is 1. The quantitative estimate of drug-likeness (QED) is 0.865. The van der Waals surface area contributed by atoms with Crippen molar-refractivity contribution in [3.8, 4) is 0 Å². The average molecular weight is 316 g/mol. The highest BCUT2D eigenvalue weighted by Crippen LogP contribution is 2.20. The van der Waals surface area contributed by atoms with Crippen LogP contribution in [0.3, 0.4) is 0 Å². The summed E-state index contributed by atoms with van der Waals surface area (Å²) in [4.78, 5) is 40.8. The smallest absolute Gasteiger partial charge is 0.325 e. The van der Waals surface area contributed by atoms with Crippen LogP contribution in [0.5, 0.6) is 0 Å². The molecule has 2 aliphatic rings. The van der Waals surface area contributed by atoms with E-state index in [1.165, 1.54) is 9.80 Å². The number of carbonyl (C=O) groups is 3. The summed E-state index contributed by atoms with van der Waals surface area (Å²) in [6.07, 6.45) is 0. The number of amides is 4.